The molecule has 0 amide bonds. The van der Waals surface area contributed by atoms with Gasteiger partial charge >= 0.3 is 0 Å². The third kappa shape index (κ3) is 4.30. The second-order valence-electron chi connectivity index (χ2n) is 6.01. The number of rotatable bonds is 6. The lowest BCUT2D eigenvalue weighted by Gasteiger charge is -2.34. The number of nitrogens with zero attached hydrogens (tertiary/aromatic N) is 2. The Kier molecular flexibility index (Phi) is 5.61. The summed E-state index contributed by atoms with van der Waals surface area (Å²) in [6.07, 6.45) is 6.17. The normalized spacial score (nSPS) is 17.2. The van der Waals surface area contributed by atoms with Gasteiger partial charge in [-0.3, -0.25) is 4.98 Å². The molecule has 0 radical (unpaired) electrons. The van der Waals surface area contributed by atoms with Gasteiger partial charge in [0, 0.05) is 50.9 Å². The van der Waals surface area contributed by atoms with E-state index in [9.17, 15) is 0 Å². The van der Waals surface area contributed by atoms with Crippen molar-refractivity contribution in [3.05, 3.63) is 60.4 Å². The number of pyridine rings is 1. The Balaban J connectivity index is 1.47. The fourth-order valence-electron chi connectivity index (χ4n) is 3.18. The van der Waals surface area contributed by atoms with E-state index in [-0.39, 0.29) is 6.10 Å². The lowest BCUT2D eigenvalue weighted by atomic mass is 10.0. The van der Waals surface area contributed by atoms with Gasteiger partial charge in [-0.2, -0.15) is 0 Å². The smallest absolute Gasteiger partial charge is 0.0945 e. The number of anilines is 1. The van der Waals surface area contributed by atoms with Crippen LogP contribution in [-0.2, 0) is 4.74 Å². The average Bonchev–Trinajstić information content (AvgIpc) is 2.64. The SMILES string of the molecule is CO[C@@H](CNC1CCN(c2ccncc2)CC1)c1ccccc1. The molecule has 0 spiro atoms. The van der Waals surface area contributed by atoms with Gasteiger partial charge in [0.15, 0.2) is 0 Å². The molecule has 2 heterocycles. The highest BCUT2D eigenvalue weighted by atomic mass is 16.5. The van der Waals surface area contributed by atoms with Gasteiger partial charge in [0.1, 0.15) is 0 Å². The number of nitrogens with one attached hydrogen (secondary N) is 1. The molecule has 122 valence electrons. The highest BCUT2D eigenvalue weighted by molar-refractivity contribution is 5.44. The van der Waals surface area contributed by atoms with Crippen LogP contribution in [0.4, 0.5) is 5.69 Å². The third-order valence-electron chi connectivity index (χ3n) is 4.57. The minimum atomic E-state index is 0.120. The Morgan fingerprint density at radius 3 is 2.48 bits per heavy atom. The fraction of sp³-hybridized carbons (Fsp3) is 0.421. The van der Waals surface area contributed by atoms with Crippen LogP contribution in [0.2, 0.25) is 0 Å². The Hall–Kier alpha value is -1.91. The number of benzene rings is 1. The lowest BCUT2D eigenvalue weighted by Crippen LogP contribution is -2.43. The van der Waals surface area contributed by atoms with Crippen LogP contribution in [-0.4, -0.2) is 37.8 Å². The zero-order chi connectivity index (χ0) is 15.9. The molecule has 1 aliphatic heterocycles. The van der Waals surface area contributed by atoms with E-state index in [1.807, 2.05) is 18.5 Å². The molecule has 2 aromatic rings. The number of hydrogen-bond acceptors (Lipinski definition) is 4. The summed E-state index contributed by atoms with van der Waals surface area (Å²) in [5.41, 5.74) is 2.51. The highest BCUT2D eigenvalue weighted by Gasteiger charge is 2.20. The molecule has 0 bridgehead atoms. The second-order valence-corrected chi connectivity index (χ2v) is 6.01. The van der Waals surface area contributed by atoms with E-state index >= 15 is 0 Å². The monoisotopic (exact) mass is 311 g/mol. The zero-order valence-electron chi connectivity index (χ0n) is 13.7. The van der Waals surface area contributed by atoms with Crippen molar-refractivity contribution in [2.75, 3.05) is 31.6 Å². The molecule has 23 heavy (non-hydrogen) atoms. The predicted molar refractivity (Wildman–Crippen MR) is 93.7 cm³/mol. The van der Waals surface area contributed by atoms with Gasteiger partial charge in [-0.1, -0.05) is 30.3 Å². The van der Waals surface area contributed by atoms with Crippen LogP contribution >= 0.6 is 0 Å². The molecule has 1 fully saturated rings. The molecule has 3 rings (SSSR count). The molecule has 1 aromatic carbocycles. The number of methoxy groups -OCH3 is 1. The summed E-state index contributed by atoms with van der Waals surface area (Å²) in [4.78, 5) is 6.52. The van der Waals surface area contributed by atoms with Gasteiger partial charge in [0.2, 0.25) is 0 Å². The molecule has 1 N–H and O–H groups in total. The third-order valence-corrected chi connectivity index (χ3v) is 4.57. The van der Waals surface area contributed by atoms with Gasteiger partial charge in [-0.05, 0) is 30.5 Å². The van der Waals surface area contributed by atoms with Crippen LogP contribution in [0.3, 0.4) is 0 Å². The topological polar surface area (TPSA) is 37.4 Å². The highest BCUT2D eigenvalue weighted by Crippen LogP contribution is 2.20. The first-order chi connectivity index (χ1) is 11.4. The number of aromatic nitrogens is 1. The summed E-state index contributed by atoms with van der Waals surface area (Å²) in [6.45, 7) is 3.04. The second kappa shape index (κ2) is 8.09. The molecule has 4 nitrogen and oxygen atoms in total. The molecular formula is C19H25N3O. The van der Waals surface area contributed by atoms with Crippen molar-refractivity contribution in [2.45, 2.75) is 25.0 Å². The molecule has 1 aliphatic rings. The Morgan fingerprint density at radius 1 is 1.13 bits per heavy atom. The van der Waals surface area contributed by atoms with Crippen molar-refractivity contribution in [1.29, 1.82) is 0 Å². The van der Waals surface area contributed by atoms with Crippen LogP contribution in [0.1, 0.15) is 24.5 Å². The van der Waals surface area contributed by atoms with Crippen LogP contribution in [0.5, 0.6) is 0 Å². The molecule has 0 aliphatic carbocycles. The van der Waals surface area contributed by atoms with E-state index in [1.165, 1.54) is 11.3 Å². The fourth-order valence-corrected chi connectivity index (χ4v) is 3.18. The van der Waals surface area contributed by atoms with E-state index in [2.05, 4.69) is 51.6 Å². The van der Waals surface area contributed by atoms with Crippen molar-refractivity contribution in [2.24, 2.45) is 0 Å². The minimum Gasteiger partial charge on any atom is -0.375 e. The summed E-state index contributed by atoms with van der Waals surface area (Å²) in [7, 11) is 1.78. The Bertz CT molecular complexity index is 568. The van der Waals surface area contributed by atoms with Gasteiger partial charge in [-0.25, -0.2) is 0 Å². The largest absolute Gasteiger partial charge is 0.375 e. The van der Waals surface area contributed by atoms with Gasteiger partial charge in [0.25, 0.3) is 0 Å². The first-order valence-corrected chi connectivity index (χ1v) is 8.33. The zero-order valence-corrected chi connectivity index (χ0v) is 13.7. The number of piperidine rings is 1. The molecular weight excluding hydrogens is 286 g/mol. The van der Waals surface area contributed by atoms with Crippen molar-refractivity contribution < 1.29 is 4.74 Å². The standard InChI is InChI=1S/C19H25N3O/c1-23-19(16-5-3-2-4-6-16)15-21-17-9-13-22(14-10-17)18-7-11-20-12-8-18/h2-8,11-12,17,19,21H,9-10,13-15H2,1H3/t19-/m0/s1. The van der Waals surface area contributed by atoms with E-state index in [4.69, 9.17) is 4.74 Å². The van der Waals surface area contributed by atoms with Crippen molar-refractivity contribution >= 4 is 5.69 Å². The van der Waals surface area contributed by atoms with Gasteiger partial charge < -0.3 is 15.0 Å². The molecule has 1 aromatic heterocycles. The summed E-state index contributed by atoms with van der Waals surface area (Å²) < 4.78 is 5.64. The van der Waals surface area contributed by atoms with E-state index in [1.54, 1.807) is 7.11 Å². The Morgan fingerprint density at radius 2 is 1.83 bits per heavy atom. The van der Waals surface area contributed by atoms with Crippen molar-refractivity contribution in [3.63, 3.8) is 0 Å². The van der Waals surface area contributed by atoms with Crippen LogP contribution in [0, 0.1) is 0 Å². The van der Waals surface area contributed by atoms with Crippen molar-refractivity contribution in [1.82, 2.24) is 10.3 Å². The maximum Gasteiger partial charge on any atom is 0.0945 e. The van der Waals surface area contributed by atoms with Crippen molar-refractivity contribution in [3.8, 4) is 0 Å². The number of hydrogen-bond donors (Lipinski definition) is 1. The summed E-state index contributed by atoms with van der Waals surface area (Å²) >= 11 is 0. The summed E-state index contributed by atoms with van der Waals surface area (Å²) in [6, 6.07) is 15.2. The summed E-state index contributed by atoms with van der Waals surface area (Å²) in [5.74, 6) is 0. The average molecular weight is 311 g/mol. The molecule has 4 heteroatoms. The van der Waals surface area contributed by atoms with E-state index < -0.39 is 0 Å². The van der Waals surface area contributed by atoms with E-state index in [0.29, 0.717) is 6.04 Å². The molecule has 0 unspecified atom stereocenters. The van der Waals surface area contributed by atoms with E-state index in [0.717, 1.165) is 32.5 Å². The summed E-state index contributed by atoms with van der Waals surface area (Å²) in [5, 5.41) is 3.68. The molecule has 0 saturated carbocycles. The Labute approximate surface area is 138 Å². The van der Waals surface area contributed by atoms with Gasteiger partial charge in [0.05, 0.1) is 6.10 Å². The van der Waals surface area contributed by atoms with Crippen LogP contribution in [0.25, 0.3) is 0 Å². The minimum absolute atomic E-state index is 0.120. The van der Waals surface area contributed by atoms with Crippen LogP contribution < -0.4 is 10.2 Å². The first-order valence-electron chi connectivity index (χ1n) is 8.33. The van der Waals surface area contributed by atoms with Crippen LogP contribution in [0.15, 0.2) is 54.9 Å². The molecule has 1 saturated heterocycles. The first kappa shape index (κ1) is 16.0. The lowest BCUT2D eigenvalue weighted by molar-refractivity contribution is 0.0983. The quantitative estimate of drug-likeness (QED) is 0.890. The van der Waals surface area contributed by atoms with Gasteiger partial charge in [-0.15, -0.1) is 0 Å². The maximum absolute atomic E-state index is 5.64. The number of ether oxygens (including phenoxy) is 1. The molecule has 1 atom stereocenters. The maximum atomic E-state index is 5.64. The predicted octanol–water partition coefficient (Wildman–Crippen LogP) is 3.03.